The molecule has 1 aromatic carbocycles. The van der Waals surface area contributed by atoms with Gasteiger partial charge in [-0.1, -0.05) is 36.9 Å². The molecule has 1 fully saturated rings. The number of cyclic esters (lactones) is 1. The molecule has 0 bridgehead atoms. The van der Waals surface area contributed by atoms with Crippen molar-refractivity contribution in [3.63, 3.8) is 0 Å². The Morgan fingerprint density at radius 1 is 1.37 bits per heavy atom. The van der Waals surface area contributed by atoms with Gasteiger partial charge in [-0.15, -0.1) is 0 Å². The van der Waals surface area contributed by atoms with Crippen LogP contribution in [0.5, 0.6) is 0 Å². The first-order valence-corrected chi connectivity index (χ1v) is 9.65. The Morgan fingerprint density at radius 3 is 2.83 bits per heavy atom. The molecule has 0 saturated carbocycles. The first-order valence-electron chi connectivity index (χ1n) is 9.65. The summed E-state index contributed by atoms with van der Waals surface area (Å²) >= 11 is 0. The molecular weight excluding hydrogens is 382 g/mol. The molecule has 2 amide bonds. The number of carbonyl (C=O) groups excluding carboxylic acids is 3. The number of amides is 2. The van der Waals surface area contributed by atoms with Gasteiger partial charge in [0.1, 0.15) is 13.4 Å². The van der Waals surface area contributed by atoms with E-state index in [9.17, 15) is 9.59 Å². The largest absolute Gasteiger partial charge is 0.447 e. The first kappa shape index (κ1) is 22.7. The zero-order valence-corrected chi connectivity index (χ0v) is 17.1. The highest BCUT2D eigenvalue weighted by atomic mass is 16.6. The first-order chi connectivity index (χ1) is 14.6. The molecule has 3 rings (SSSR count). The summed E-state index contributed by atoms with van der Waals surface area (Å²) in [7, 11) is 0. The number of H-pyrrole nitrogens is 1. The number of carbonyl (C=O) groups is 3. The maximum absolute atomic E-state index is 12.3. The van der Waals surface area contributed by atoms with E-state index < -0.39 is 0 Å². The van der Waals surface area contributed by atoms with Crippen LogP contribution in [0.3, 0.4) is 0 Å². The van der Waals surface area contributed by atoms with E-state index in [1.54, 1.807) is 18.2 Å². The number of alkyl carbamates (subject to hydrolysis) is 1. The Balaban J connectivity index is 0.00000155. The SMILES string of the molecule is C=C/C=C(\C=C/C)C(=O)NCCc1c[nH]c2ccc(CC3COC(=O)N3)cc12.C=O. The highest BCUT2D eigenvalue weighted by Gasteiger charge is 2.22. The molecule has 2 heterocycles. The third kappa shape index (κ3) is 5.94. The Kier molecular flexibility index (Phi) is 8.62. The van der Waals surface area contributed by atoms with Gasteiger partial charge in [-0.25, -0.2) is 4.79 Å². The van der Waals surface area contributed by atoms with Gasteiger partial charge in [0, 0.05) is 29.2 Å². The molecule has 0 spiro atoms. The van der Waals surface area contributed by atoms with Crippen molar-refractivity contribution in [1.29, 1.82) is 0 Å². The highest BCUT2D eigenvalue weighted by molar-refractivity contribution is 5.96. The van der Waals surface area contributed by atoms with Crippen LogP contribution in [-0.4, -0.2) is 43.0 Å². The fourth-order valence-corrected chi connectivity index (χ4v) is 3.31. The van der Waals surface area contributed by atoms with Crippen LogP contribution in [0.4, 0.5) is 4.79 Å². The number of fused-ring (bicyclic) bond motifs is 1. The van der Waals surface area contributed by atoms with Gasteiger partial charge in [-0.3, -0.25) is 4.79 Å². The van der Waals surface area contributed by atoms with Gasteiger partial charge in [0.2, 0.25) is 0 Å². The minimum absolute atomic E-state index is 0.00770. The van der Waals surface area contributed by atoms with E-state index in [-0.39, 0.29) is 18.0 Å². The van der Waals surface area contributed by atoms with Crippen LogP contribution in [0.25, 0.3) is 10.9 Å². The van der Waals surface area contributed by atoms with E-state index >= 15 is 0 Å². The molecule has 158 valence electrons. The van der Waals surface area contributed by atoms with E-state index in [4.69, 9.17) is 9.53 Å². The van der Waals surface area contributed by atoms with Crippen LogP contribution in [0.15, 0.2) is 60.9 Å². The summed E-state index contributed by atoms with van der Waals surface area (Å²) in [4.78, 5) is 34.7. The second-order valence-corrected chi connectivity index (χ2v) is 6.70. The molecule has 1 saturated heterocycles. The molecule has 1 unspecified atom stereocenters. The van der Waals surface area contributed by atoms with Crippen LogP contribution in [0.1, 0.15) is 18.1 Å². The molecule has 1 aliphatic heterocycles. The molecule has 3 N–H and O–H groups in total. The van der Waals surface area contributed by atoms with Crippen molar-refractivity contribution in [2.75, 3.05) is 13.2 Å². The van der Waals surface area contributed by atoms with Crippen LogP contribution >= 0.6 is 0 Å². The Bertz CT molecular complexity index is 959. The van der Waals surface area contributed by atoms with Crippen molar-refractivity contribution in [3.05, 3.63) is 72.0 Å². The number of nitrogens with one attached hydrogen (secondary N) is 3. The van der Waals surface area contributed by atoms with Crippen molar-refractivity contribution in [2.24, 2.45) is 0 Å². The lowest BCUT2D eigenvalue weighted by molar-refractivity contribution is -0.117. The van der Waals surface area contributed by atoms with Gasteiger partial charge >= 0.3 is 6.09 Å². The van der Waals surface area contributed by atoms with Gasteiger partial charge in [-0.2, -0.15) is 0 Å². The summed E-state index contributed by atoms with van der Waals surface area (Å²) in [6.45, 7) is 8.45. The number of ether oxygens (including phenoxy) is 1. The minimum atomic E-state index is -0.355. The lowest BCUT2D eigenvalue weighted by atomic mass is 10.0. The fourth-order valence-electron chi connectivity index (χ4n) is 3.31. The summed E-state index contributed by atoms with van der Waals surface area (Å²) in [6, 6.07) is 6.24. The molecule has 7 nitrogen and oxygen atoms in total. The van der Waals surface area contributed by atoms with Crippen molar-refractivity contribution in [3.8, 4) is 0 Å². The predicted molar refractivity (Wildman–Crippen MR) is 117 cm³/mol. The average molecular weight is 409 g/mol. The standard InChI is InChI=1S/C22H25N3O3.CH2O/c1-3-5-16(6-4-2)21(26)23-10-9-17-13-24-20-8-7-15(12-19(17)20)11-18-14-28-22(27)25-18;1-2/h3-8,12-13,18,24H,1,9-11,14H2,2H3,(H,23,26)(H,25,27);1H2/b6-4-,16-5+;. The quantitative estimate of drug-likeness (QED) is 0.461. The zero-order chi connectivity index (χ0) is 21.9. The summed E-state index contributed by atoms with van der Waals surface area (Å²) < 4.78 is 4.95. The molecule has 1 aromatic heterocycles. The Labute approximate surface area is 175 Å². The lowest BCUT2D eigenvalue weighted by Gasteiger charge is -2.08. The van der Waals surface area contributed by atoms with Crippen molar-refractivity contribution in [2.45, 2.75) is 25.8 Å². The Morgan fingerprint density at radius 2 is 2.17 bits per heavy atom. The number of benzene rings is 1. The van der Waals surface area contributed by atoms with E-state index in [0.717, 1.165) is 34.9 Å². The predicted octanol–water partition coefficient (Wildman–Crippen LogP) is 2.98. The van der Waals surface area contributed by atoms with Gasteiger partial charge in [-0.05, 0) is 43.0 Å². The van der Waals surface area contributed by atoms with E-state index in [0.29, 0.717) is 18.7 Å². The van der Waals surface area contributed by atoms with Crippen LogP contribution in [0.2, 0.25) is 0 Å². The third-order valence-electron chi connectivity index (χ3n) is 4.64. The molecule has 7 heteroatoms. The zero-order valence-electron chi connectivity index (χ0n) is 17.1. The summed E-state index contributed by atoms with van der Waals surface area (Å²) in [5, 5.41) is 6.88. The number of hydrogen-bond donors (Lipinski definition) is 3. The average Bonchev–Trinajstić information content (AvgIpc) is 3.35. The molecule has 1 aliphatic rings. The van der Waals surface area contributed by atoms with Crippen molar-refractivity contribution >= 4 is 29.7 Å². The summed E-state index contributed by atoms with van der Waals surface area (Å²) in [5.41, 5.74) is 3.92. The minimum Gasteiger partial charge on any atom is -0.447 e. The third-order valence-corrected chi connectivity index (χ3v) is 4.64. The van der Waals surface area contributed by atoms with Crippen LogP contribution in [0, 0.1) is 0 Å². The number of hydrogen-bond acceptors (Lipinski definition) is 4. The molecular formula is C23H27N3O4. The van der Waals surface area contributed by atoms with Gasteiger partial charge in [0.15, 0.2) is 0 Å². The number of allylic oxidation sites excluding steroid dienone is 3. The smallest absolute Gasteiger partial charge is 0.407 e. The molecule has 0 aliphatic carbocycles. The number of aromatic amines is 1. The molecule has 2 aromatic rings. The highest BCUT2D eigenvalue weighted by Crippen LogP contribution is 2.21. The lowest BCUT2D eigenvalue weighted by Crippen LogP contribution is -2.28. The maximum atomic E-state index is 12.3. The van der Waals surface area contributed by atoms with Crippen molar-refractivity contribution in [1.82, 2.24) is 15.6 Å². The molecule has 30 heavy (non-hydrogen) atoms. The van der Waals surface area contributed by atoms with Crippen molar-refractivity contribution < 1.29 is 19.1 Å². The number of aromatic nitrogens is 1. The van der Waals surface area contributed by atoms with E-state index in [1.165, 1.54) is 0 Å². The van der Waals surface area contributed by atoms with Gasteiger partial charge in [0.25, 0.3) is 5.91 Å². The van der Waals surface area contributed by atoms with Gasteiger partial charge < -0.3 is 25.1 Å². The maximum Gasteiger partial charge on any atom is 0.407 e. The monoisotopic (exact) mass is 409 g/mol. The molecule has 1 atom stereocenters. The van der Waals surface area contributed by atoms with Gasteiger partial charge in [0.05, 0.1) is 6.04 Å². The summed E-state index contributed by atoms with van der Waals surface area (Å²) in [5.74, 6) is -0.115. The van der Waals surface area contributed by atoms with E-state index in [2.05, 4.69) is 34.3 Å². The van der Waals surface area contributed by atoms with Crippen LogP contribution in [-0.2, 0) is 27.2 Å². The normalized spacial score (nSPS) is 16.0. The Hall–Kier alpha value is -3.61. The molecule has 0 radical (unpaired) electrons. The van der Waals surface area contributed by atoms with Crippen LogP contribution < -0.4 is 10.6 Å². The second-order valence-electron chi connectivity index (χ2n) is 6.70. The fraction of sp³-hybridized carbons (Fsp3) is 0.261. The van der Waals surface area contributed by atoms with E-state index in [1.807, 2.05) is 32.1 Å². The summed E-state index contributed by atoms with van der Waals surface area (Å²) in [6.07, 6.45) is 9.96. The second kappa shape index (κ2) is 11.4. The topological polar surface area (TPSA) is 100 Å². The number of rotatable bonds is 8.